The summed E-state index contributed by atoms with van der Waals surface area (Å²) in [6.07, 6.45) is 3.63. The molecule has 0 aliphatic carbocycles. The van der Waals surface area contributed by atoms with Crippen LogP contribution in [0.3, 0.4) is 0 Å². The number of rotatable bonds is 6. The van der Waals surface area contributed by atoms with Gasteiger partial charge in [-0.1, -0.05) is 46.8 Å². The number of hydrogen-bond acceptors (Lipinski definition) is 7. The van der Waals surface area contributed by atoms with Gasteiger partial charge in [-0.3, -0.25) is 4.79 Å². The summed E-state index contributed by atoms with van der Waals surface area (Å²) in [5, 5.41) is 7.22. The van der Waals surface area contributed by atoms with Gasteiger partial charge < -0.3 is 19.3 Å². The number of benzene rings is 2. The molecule has 8 heteroatoms. The third-order valence-corrected chi connectivity index (χ3v) is 6.44. The van der Waals surface area contributed by atoms with E-state index in [-0.39, 0.29) is 12.0 Å². The van der Waals surface area contributed by atoms with Crippen molar-refractivity contribution in [2.24, 2.45) is 0 Å². The summed E-state index contributed by atoms with van der Waals surface area (Å²) in [5.41, 5.74) is 3.37. The molecule has 0 bridgehead atoms. The van der Waals surface area contributed by atoms with Gasteiger partial charge in [0.15, 0.2) is 0 Å². The largest absolute Gasteiger partial charge is 0.485 e. The van der Waals surface area contributed by atoms with Crippen molar-refractivity contribution in [3.63, 3.8) is 0 Å². The van der Waals surface area contributed by atoms with Gasteiger partial charge in [0, 0.05) is 11.1 Å². The number of ether oxygens (including phenoxy) is 2. The number of hydrogen-bond donors (Lipinski definition) is 1. The number of nitrogens with one attached hydrogen (secondary N) is 1. The number of nitrogens with zero attached hydrogens (tertiary/aromatic N) is 2. The highest BCUT2D eigenvalue weighted by molar-refractivity contribution is 7.13. The molecule has 1 unspecified atom stereocenters. The SMILES string of the molecule is Cc1noc(C)c1C(=O)NCc1cnc(Oc2ccc3c(c2)CCC(c2ccccc2)O3)s1. The Bertz CT molecular complexity index is 1260. The molecule has 1 amide bonds. The molecular weight excluding hydrogens is 438 g/mol. The highest BCUT2D eigenvalue weighted by Crippen LogP contribution is 2.38. The molecule has 0 spiro atoms. The predicted molar refractivity (Wildman–Crippen MR) is 124 cm³/mol. The number of thiazole rings is 1. The van der Waals surface area contributed by atoms with Crippen molar-refractivity contribution in [3.8, 4) is 16.7 Å². The zero-order valence-corrected chi connectivity index (χ0v) is 19.1. The molecule has 1 atom stereocenters. The first-order chi connectivity index (χ1) is 16.1. The summed E-state index contributed by atoms with van der Waals surface area (Å²) in [6.45, 7) is 3.82. The Morgan fingerprint density at radius 2 is 2.06 bits per heavy atom. The van der Waals surface area contributed by atoms with E-state index in [9.17, 15) is 4.79 Å². The fourth-order valence-corrected chi connectivity index (χ4v) is 4.63. The molecule has 4 aromatic rings. The predicted octanol–water partition coefficient (Wildman–Crippen LogP) is 5.54. The standard InChI is InChI=1S/C25H23N3O4S/c1-15-23(16(2)32-28-15)24(29)26-13-20-14-27-25(33-20)30-19-9-11-22-18(12-19)8-10-21(31-22)17-6-4-3-5-7-17/h3-7,9,11-12,14,21H,8,10,13H2,1-2H3,(H,26,29). The van der Waals surface area contributed by atoms with Crippen molar-refractivity contribution in [2.75, 3.05) is 0 Å². The monoisotopic (exact) mass is 461 g/mol. The number of aryl methyl sites for hydroxylation is 3. The van der Waals surface area contributed by atoms with Crippen LogP contribution in [-0.2, 0) is 13.0 Å². The Hall–Kier alpha value is -3.65. The van der Waals surface area contributed by atoms with Gasteiger partial charge in [-0.05, 0) is 56.0 Å². The van der Waals surface area contributed by atoms with Crippen LogP contribution in [0.1, 0.15) is 50.3 Å². The second kappa shape index (κ2) is 9.07. The number of fused-ring (bicyclic) bond motifs is 1. The molecule has 33 heavy (non-hydrogen) atoms. The van der Waals surface area contributed by atoms with Crippen LogP contribution in [0.15, 0.2) is 59.3 Å². The van der Waals surface area contributed by atoms with Crippen molar-refractivity contribution in [1.29, 1.82) is 0 Å². The zero-order valence-electron chi connectivity index (χ0n) is 18.3. The lowest BCUT2D eigenvalue weighted by molar-refractivity contribution is 0.0949. The van der Waals surface area contributed by atoms with Gasteiger partial charge in [-0.2, -0.15) is 0 Å². The summed E-state index contributed by atoms with van der Waals surface area (Å²) in [5.74, 6) is 1.90. The molecule has 0 saturated heterocycles. The minimum Gasteiger partial charge on any atom is -0.485 e. The van der Waals surface area contributed by atoms with Crippen molar-refractivity contribution in [2.45, 2.75) is 39.3 Å². The summed E-state index contributed by atoms with van der Waals surface area (Å²) in [6, 6.07) is 16.2. The third kappa shape index (κ3) is 4.61. The lowest BCUT2D eigenvalue weighted by atomic mass is 9.97. The Balaban J connectivity index is 1.20. The molecule has 2 aromatic carbocycles. The minimum absolute atomic E-state index is 0.0765. The molecule has 1 aliphatic rings. The number of amides is 1. The van der Waals surface area contributed by atoms with E-state index < -0.39 is 0 Å². The summed E-state index contributed by atoms with van der Waals surface area (Å²) < 4.78 is 17.2. The van der Waals surface area contributed by atoms with Gasteiger partial charge in [0.05, 0.1) is 12.2 Å². The van der Waals surface area contributed by atoms with Gasteiger partial charge in [0.25, 0.3) is 11.1 Å². The number of carbonyl (C=O) groups is 1. The lowest BCUT2D eigenvalue weighted by Crippen LogP contribution is -2.23. The minimum atomic E-state index is -0.217. The molecule has 1 aliphatic heterocycles. The van der Waals surface area contributed by atoms with Crippen molar-refractivity contribution in [1.82, 2.24) is 15.5 Å². The first kappa shape index (κ1) is 21.2. The van der Waals surface area contributed by atoms with Crippen molar-refractivity contribution < 1.29 is 18.8 Å². The van der Waals surface area contributed by atoms with E-state index in [1.165, 1.54) is 16.9 Å². The van der Waals surface area contributed by atoms with Crippen LogP contribution in [0.4, 0.5) is 0 Å². The fourth-order valence-electron chi connectivity index (χ4n) is 3.91. The average molecular weight is 462 g/mol. The van der Waals surface area contributed by atoms with E-state index in [0.29, 0.717) is 28.8 Å². The second-order valence-electron chi connectivity index (χ2n) is 7.90. The Morgan fingerprint density at radius 3 is 2.85 bits per heavy atom. The first-order valence-electron chi connectivity index (χ1n) is 10.7. The molecule has 7 nitrogen and oxygen atoms in total. The molecule has 0 saturated carbocycles. The summed E-state index contributed by atoms with van der Waals surface area (Å²) >= 11 is 1.39. The van der Waals surface area contributed by atoms with E-state index in [2.05, 4.69) is 27.6 Å². The van der Waals surface area contributed by atoms with Gasteiger partial charge in [-0.25, -0.2) is 4.98 Å². The summed E-state index contributed by atoms with van der Waals surface area (Å²) in [7, 11) is 0. The van der Waals surface area contributed by atoms with E-state index >= 15 is 0 Å². The van der Waals surface area contributed by atoms with Gasteiger partial charge in [0.1, 0.15) is 28.9 Å². The summed E-state index contributed by atoms with van der Waals surface area (Å²) in [4.78, 5) is 17.6. The average Bonchev–Trinajstić information content (AvgIpc) is 3.43. The maximum Gasteiger partial charge on any atom is 0.278 e. The molecule has 168 valence electrons. The highest BCUT2D eigenvalue weighted by Gasteiger charge is 2.22. The molecule has 0 fully saturated rings. The molecule has 1 N–H and O–H groups in total. The Labute approximate surface area is 195 Å². The van der Waals surface area contributed by atoms with E-state index in [1.807, 2.05) is 36.4 Å². The van der Waals surface area contributed by atoms with Crippen molar-refractivity contribution in [3.05, 3.63) is 87.7 Å². The second-order valence-corrected chi connectivity index (χ2v) is 8.98. The van der Waals surface area contributed by atoms with Crippen LogP contribution in [0.2, 0.25) is 0 Å². The van der Waals surface area contributed by atoms with Crippen LogP contribution in [0.25, 0.3) is 0 Å². The van der Waals surface area contributed by atoms with Crippen LogP contribution in [0, 0.1) is 13.8 Å². The van der Waals surface area contributed by atoms with E-state index in [4.69, 9.17) is 14.0 Å². The fraction of sp³-hybridized carbons (Fsp3) is 0.240. The maximum atomic E-state index is 12.4. The van der Waals surface area contributed by atoms with Gasteiger partial charge >= 0.3 is 0 Å². The number of aromatic nitrogens is 2. The van der Waals surface area contributed by atoms with E-state index in [1.54, 1.807) is 20.0 Å². The molecule has 5 rings (SSSR count). The molecule has 0 radical (unpaired) electrons. The van der Waals surface area contributed by atoms with Gasteiger partial charge in [-0.15, -0.1) is 0 Å². The topological polar surface area (TPSA) is 86.5 Å². The van der Waals surface area contributed by atoms with Crippen molar-refractivity contribution >= 4 is 17.2 Å². The molecule has 2 aromatic heterocycles. The van der Waals surface area contributed by atoms with Crippen LogP contribution in [0.5, 0.6) is 16.7 Å². The Kier molecular flexibility index (Phi) is 5.83. The molecule has 3 heterocycles. The zero-order chi connectivity index (χ0) is 22.8. The quantitative estimate of drug-likeness (QED) is 0.406. The van der Waals surface area contributed by atoms with Crippen LogP contribution >= 0.6 is 11.3 Å². The highest BCUT2D eigenvalue weighted by atomic mass is 32.1. The first-order valence-corrected chi connectivity index (χ1v) is 11.6. The normalized spacial score (nSPS) is 14.9. The lowest BCUT2D eigenvalue weighted by Gasteiger charge is -2.26. The maximum absolute atomic E-state index is 12.4. The van der Waals surface area contributed by atoms with Gasteiger partial charge in [0.2, 0.25) is 0 Å². The Morgan fingerprint density at radius 1 is 1.21 bits per heavy atom. The van der Waals surface area contributed by atoms with Crippen LogP contribution in [-0.4, -0.2) is 16.0 Å². The molecular formula is C25H23N3O4S. The van der Waals surface area contributed by atoms with Crippen LogP contribution < -0.4 is 14.8 Å². The third-order valence-electron chi connectivity index (χ3n) is 5.57. The van der Waals surface area contributed by atoms with E-state index in [0.717, 1.165) is 34.8 Å². The smallest absolute Gasteiger partial charge is 0.278 e. The number of carbonyl (C=O) groups excluding carboxylic acids is 1.